The van der Waals surface area contributed by atoms with E-state index in [9.17, 15) is 13.2 Å². The van der Waals surface area contributed by atoms with Gasteiger partial charge in [-0.2, -0.15) is 9.40 Å². The molecule has 1 amide bonds. The van der Waals surface area contributed by atoms with Gasteiger partial charge in [-0.15, -0.1) is 0 Å². The summed E-state index contributed by atoms with van der Waals surface area (Å²) in [4.78, 5) is 13.2. The summed E-state index contributed by atoms with van der Waals surface area (Å²) in [6.45, 7) is 8.64. The minimum Gasteiger partial charge on any atom is -0.340 e. The van der Waals surface area contributed by atoms with Crippen LogP contribution in [0.2, 0.25) is 0 Å². The van der Waals surface area contributed by atoms with Crippen LogP contribution in [-0.2, 0) is 14.8 Å². The molecular formula is C13H22N4O3S. The molecule has 0 bridgehead atoms. The number of aryl methyl sites for hydroxylation is 1. The van der Waals surface area contributed by atoms with Crippen LogP contribution in [0.4, 0.5) is 0 Å². The summed E-state index contributed by atoms with van der Waals surface area (Å²) in [6.07, 6.45) is 1.59. The van der Waals surface area contributed by atoms with Crippen molar-refractivity contribution in [3.8, 4) is 0 Å². The first-order valence-corrected chi connectivity index (χ1v) is 8.49. The number of carbonyl (C=O) groups is 1. The third-order valence-electron chi connectivity index (χ3n) is 3.70. The van der Waals surface area contributed by atoms with E-state index in [0.29, 0.717) is 31.9 Å². The second kappa shape index (κ2) is 5.76. The molecule has 1 fully saturated rings. The van der Waals surface area contributed by atoms with Crippen molar-refractivity contribution in [3.05, 3.63) is 11.9 Å². The number of rotatable bonds is 3. The van der Waals surface area contributed by atoms with Gasteiger partial charge in [0.2, 0.25) is 15.9 Å². The van der Waals surface area contributed by atoms with Crippen molar-refractivity contribution in [1.29, 1.82) is 0 Å². The molecular weight excluding hydrogens is 292 g/mol. The van der Waals surface area contributed by atoms with Crippen molar-refractivity contribution >= 4 is 15.9 Å². The second-order valence-corrected chi connectivity index (χ2v) is 7.47. The first-order valence-electron chi connectivity index (χ1n) is 7.05. The molecule has 2 rings (SSSR count). The Morgan fingerprint density at radius 2 is 1.81 bits per heavy atom. The minimum atomic E-state index is -3.54. The van der Waals surface area contributed by atoms with E-state index >= 15 is 0 Å². The van der Waals surface area contributed by atoms with E-state index in [-0.39, 0.29) is 16.8 Å². The highest BCUT2D eigenvalue weighted by Gasteiger charge is 2.31. The Bertz CT molecular complexity index is 628. The molecule has 1 saturated heterocycles. The maximum absolute atomic E-state index is 12.7. The zero-order chi connectivity index (χ0) is 15.8. The molecule has 0 N–H and O–H groups in total. The molecule has 0 saturated carbocycles. The van der Waals surface area contributed by atoms with E-state index in [4.69, 9.17) is 0 Å². The predicted molar refractivity (Wildman–Crippen MR) is 78.4 cm³/mol. The van der Waals surface area contributed by atoms with E-state index in [0.717, 1.165) is 0 Å². The largest absolute Gasteiger partial charge is 0.340 e. The summed E-state index contributed by atoms with van der Waals surface area (Å²) < 4.78 is 28.5. The standard InChI is InChI=1S/C13H22N4O3S/c1-10(2)17-9-13(11(3)14-17)21(19,20)16-7-5-15(6-8-16)12(4)18/h9-10H,5-8H2,1-4H3. The number of aromatic nitrogens is 2. The fourth-order valence-electron chi connectivity index (χ4n) is 2.37. The zero-order valence-corrected chi connectivity index (χ0v) is 13.7. The fraction of sp³-hybridized carbons (Fsp3) is 0.692. The highest BCUT2D eigenvalue weighted by molar-refractivity contribution is 7.89. The maximum Gasteiger partial charge on any atom is 0.246 e. The number of nitrogens with zero attached hydrogens (tertiary/aromatic N) is 4. The Labute approximate surface area is 125 Å². The third kappa shape index (κ3) is 3.11. The topological polar surface area (TPSA) is 75.5 Å². The molecule has 1 aromatic rings. The monoisotopic (exact) mass is 314 g/mol. The molecule has 0 aromatic carbocycles. The number of piperazine rings is 1. The lowest BCUT2D eigenvalue weighted by atomic mass is 10.3. The number of hydrogen-bond acceptors (Lipinski definition) is 4. The third-order valence-corrected chi connectivity index (χ3v) is 5.70. The Hall–Kier alpha value is -1.41. The van der Waals surface area contributed by atoms with Crippen LogP contribution in [0, 0.1) is 6.92 Å². The lowest BCUT2D eigenvalue weighted by Crippen LogP contribution is -2.49. The van der Waals surface area contributed by atoms with Crippen LogP contribution < -0.4 is 0 Å². The van der Waals surface area contributed by atoms with Gasteiger partial charge in [-0.25, -0.2) is 8.42 Å². The van der Waals surface area contributed by atoms with Crippen LogP contribution in [0.5, 0.6) is 0 Å². The Balaban J connectivity index is 2.21. The van der Waals surface area contributed by atoms with Crippen LogP contribution >= 0.6 is 0 Å². The minimum absolute atomic E-state index is 0.0177. The zero-order valence-electron chi connectivity index (χ0n) is 12.9. The van der Waals surface area contributed by atoms with Gasteiger partial charge in [-0.05, 0) is 20.8 Å². The van der Waals surface area contributed by atoms with Crippen molar-refractivity contribution in [3.63, 3.8) is 0 Å². The molecule has 2 heterocycles. The highest BCUT2D eigenvalue weighted by Crippen LogP contribution is 2.21. The number of hydrogen-bond donors (Lipinski definition) is 0. The summed E-state index contributed by atoms with van der Waals surface area (Å²) >= 11 is 0. The van der Waals surface area contributed by atoms with Crippen LogP contribution in [0.25, 0.3) is 0 Å². The molecule has 7 nitrogen and oxygen atoms in total. The summed E-state index contributed by atoms with van der Waals surface area (Å²) in [5.74, 6) is -0.0177. The van der Waals surface area contributed by atoms with Crippen molar-refractivity contribution in [2.75, 3.05) is 26.2 Å². The normalized spacial score (nSPS) is 17.5. The van der Waals surface area contributed by atoms with E-state index in [2.05, 4.69) is 5.10 Å². The van der Waals surface area contributed by atoms with Gasteiger partial charge in [0.25, 0.3) is 0 Å². The molecule has 0 radical (unpaired) electrons. The average molecular weight is 314 g/mol. The van der Waals surface area contributed by atoms with Gasteiger partial charge >= 0.3 is 0 Å². The van der Waals surface area contributed by atoms with Crippen molar-refractivity contribution < 1.29 is 13.2 Å². The van der Waals surface area contributed by atoms with Gasteiger partial charge in [0.1, 0.15) is 4.90 Å². The van der Waals surface area contributed by atoms with Crippen LogP contribution in [-0.4, -0.2) is 59.5 Å². The fourth-order valence-corrected chi connectivity index (χ4v) is 3.94. The van der Waals surface area contributed by atoms with Crippen molar-refractivity contribution in [1.82, 2.24) is 19.0 Å². The molecule has 0 spiro atoms. The first kappa shape index (κ1) is 16.0. The summed E-state index contributed by atoms with van der Waals surface area (Å²) in [6, 6.07) is 0.113. The lowest BCUT2D eigenvalue weighted by Gasteiger charge is -2.33. The summed E-state index contributed by atoms with van der Waals surface area (Å²) in [7, 11) is -3.54. The van der Waals surface area contributed by atoms with Crippen LogP contribution in [0.1, 0.15) is 32.5 Å². The molecule has 0 unspecified atom stereocenters. The number of amides is 1. The van der Waals surface area contributed by atoms with Gasteiger partial charge in [0, 0.05) is 45.3 Å². The number of sulfonamides is 1. The average Bonchev–Trinajstić information content (AvgIpc) is 2.82. The molecule has 1 aliphatic heterocycles. The smallest absolute Gasteiger partial charge is 0.246 e. The van der Waals surface area contributed by atoms with Crippen LogP contribution in [0.3, 0.4) is 0 Å². The first-order chi connectivity index (χ1) is 9.73. The summed E-state index contributed by atoms with van der Waals surface area (Å²) in [5, 5.41) is 4.26. The Kier molecular flexibility index (Phi) is 4.38. The predicted octanol–water partition coefficient (Wildman–Crippen LogP) is 0.625. The van der Waals surface area contributed by atoms with E-state index in [1.165, 1.54) is 11.2 Å². The second-order valence-electron chi connectivity index (χ2n) is 5.56. The van der Waals surface area contributed by atoms with Gasteiger partial charge in [-0.1, -0.05) is 0 Å². The van der Waals surface area contributed by atoms with Gasteiger partial charge in [-0.3, -0.25) is 9.48 Å². The highest BCUT2D eigenvalue weighted by atomic mass is 32.2. The Morgan fingerprint density at radius 3 is 2.24 bits per heavy atom. The molecule has 0 aliphatic carbocycles. The molecule has 1 aliphatic rings. The van der Waals surface area contributed by atoms with E-state index < -0.39 is 10.0 Å². The molecule has 8 heteroatoms. The maximum atomic E-state index is 12.7. The van der Waals surface area contributed by atoms with Gasteiger partial charge < -0.3 is 4.90 Å². The molecule has 1 aromatic heterocycles. The molecule has 0 atom stereocenters. The van der Waals surface area contributed by atoms with E-state index in [1.807, 2.05) is 13.8 Å². The van der Waals surface area contributed by atoms with Gasteiger partial charge in [0.05, 0.1) is 5.69 Å². The van der Waals surface area contributed by atoms with Gasteiger partial charge in [0.15, 0.2) is 0 Å². The van der Waals surface area contributed by atoms with E-state index in [1.54, 1.807) is 22.7 Å². The number of carbonyl (C=O) groups excluding carboxylic acids is 1. The molecule has 21 heavy (non-hydrogen) atoms. The molecule has 118 valence electrons. The van der Waals surface area contributed by atoms with Crippen molar-refractivity contribution in [2.45, 2.75) is 38.6 Å². The quantitative estimate of drug-likeness (QED) is 0.820. The summed E-state index contributed by atoms with van der Waals surface area (Å²) in [5.41, 5.74) is 0.512. The Morgan fingerprint density at radius 1 is 1.24 bits per heavy atom. The lowest BCUT2D eigenvalue weighted by molar-refractivity contribution is -0.129. The van der Waals surface area contributed by atoms with Crippen LogP contribution in [0.15, 0.2) is 11.1 Å². The SMILES string of the molecule is CC(=O)N1CCN(S(=O)(=O)c2cn(C(C)C)nc2C)CC1. The van der Waals surface area contributed by atoms with Crippen molar-refractivity contribution in [2.24, 2.45) is 0 Å².